The van der Waals surface area contributed by atoms with Gasteiger partial charge in [-0.1, -0.05) is 12.1 Å². The lowest BCUT2D eigenvalue weighted by Crippen LogP contribution is -2.19. The minimum absolute atomic E-state index is 0.104. The van der Waals surface area contributed by atoms with Crippen LogP contribution in [0.1, 0.15) is 24.0 Å². The predicted molar refractivity (Wildman–Crippen MR) is 79.9 cm³/mol. The lowest BCUT2D eigenvalue weighted by molar-refractivity contribution is 0.322. The van der Waals surface area contributed by atoms with Crippen LogP contribution in [-0.4, -0.2) is 23.0 Å². The van der Waals surface area contributed by atoms with Crippen LogP contribution in [-0.2, 0) is 6.54 Å². The fourth-order valence-corrected chi connectivity index (χ4v) is 2.60. The van der Waals surface area contributed by atoms with Crippen molar-refractivity contribution in [3.05, 3.63) is 53.5 Å². The van der Waals surface area contributed by atoms with Gasteiger partial charge < -0.3 is 4.74 Å². The maximum Gasteiger partial charge on any atom is 0.237 e. The first-order valence-electron chi connectivity index (χ1n) is 7.30. The molecule has 1 aromatic carbocycles. The lowest BCUT2D eigenvalue weighted by atomic mass is 10.2. The normalized spacial score (nSPS) is 14.7. The number of likely N-dealkylation sites (tertiary alicyclic amines) is 1. The average Bonchev–Trinajstić information content (AvgIpc) is 3.05. The molecular weight excluding hydrogens is 281 g/mol. The average molecular weight is 297 g/mol. The molecular formula is C17H16FN3O. The van der Waals surface area contributed by atoms with Crippen LogP contribution in [0.2, 0.25) is 0 Å². The third-order valence-corrected chi connectivity index (χ3v) is 3.73. The summed E-state index contributed by atoms with van der Waals surface area (Å²) in [5.74, 6) is -0.155. The second-order valence-corrected chi connectivity index (χ2v) is 5.28. The molecule has 1 aliphatic heterocycles. The molecule has 4 nitrogen and oxygen atoms in total. The topological polar surface area (TPSA) is 49.1 Å². The van der Waals surface area contributed by atoms with Gasteiger partial charge in [-0.05, 0) is 44.1 Å². The van der Waals surface area contributed by atoms with Crippen molar-refractivity contribution < 1.29 is 9.13 Å². The molecule has 112 valence electrons. The molecule has 0 bridgehead atoms. The van der Waals surface area contributed by atoms with E-state index < -0.39 is 0 Å². The van der Waals surface area contributed by atoms with E-state index in [4.69, 9.17) is 10.00 Å². The SMILES string of the molecule is N#Cc1cccnc1Oc1cccc(CN2CCCC2)c1F. The van der Waals surface area contributed by atoms with Crippen LogP contribution in [0.5, 0.6) is 11.6 Å². The van der Waals surface area contributed by atoms with Crippen LogP contribution in [0.25, 0.3) is 0 Å². The Balaban J connectivity index is 1.83. The van der Waals surface area contributed by atoms with Crippen molar-refractivity contribution in [2.75, 3.05) is 13.1 Å². The lowest BCUT2D eigenvalue weighted by Gasteiger charge is -2.16. The van der Waals surface area contributed by atoms with E-state index >= 15 is 0 Å². The van der Waals surface area contributed by atoms with Crippen molar-refractivity contribution in [1.29, 1.82) is 5.26 Å². The molecule has 0 radical (unpaired) electrons. The zero-order chi connectivity index (χ0) is 15.4. The third-order valence-electron chi connectivity index (χ3n) is 3.73. The molecule has 0 atom stereocenters. The molecule has 0 aliphatic carbocycles. The van der Waals surface area contributed by atoms with Gasteiger partial charge in [0.15, 0.2) is 11.6 Å². The molecule has 5 heteroatoms. The van der Waals surface area contributed by atoms with Crippen LogP contribution >= 0.6 is 0 Å². The summed E-state index contributed by atoms with van der Waals surface area (Å²) in [6.07, 6.45) is 3.84. The number of nitrogens with zero attached hydrogens (tertiary/aromatic N) is 3. The standard InChI is InChI=1S/C17H16FN3O/c18-16-14(12-21-9-1-2-10-21)5-3-7-15(16)22-17-13(11-19)6-4-8-20-17/h3-8H,1-2,9-10,12H2. The van der Waals surface area contributed by atoms with Gasteiger partial charge in [-0.2, -0.15) is 5.26 Å². The smallest absolute Gasteiger partial charge is 0.237 e. The number of rotatable bonds is 4. The van der Waals surface area contributed by atoms with E-state index in [-0.39, 0.29) is 23.0 Å². The molecule has 1 aliphatic rings. The Morgan fingerprint density at radius 1 is 1.23 bits per heavy atom. The van der Waals surface area contributed by atoms with Crippen molar-refractivity contribution in [3.63, 3.8) is 0 Å². The van der Waals surface area contributed by atoms with Crippen molar-refractivity contribution in [1.82, 2.24) is 9.88 Å². The number of benzene rings is 1. The fourth-order valence-electron chi connectivity index (χ4n) is 2.60. The summed E-state index contributed by atoms with van der Waals surface area (Å²) in [4.78, 5) is 6.22. The highest BCUT2D eigenvalue weighted by molar-refractivity contribution is 5.41. The van der Waals surface area contributed by atoms with Crippen LogP contribution in [0.3, 0.4) is 0 Å². The van der Waals surface area contributed by atoms with Gasteiger partial charge in [0.25, 0.3) is 0 Å². The molecule has 1 saturated heterocycles. The molecule has 0 amide bonds. The minimum Gasteiger partial charge on any atom is -0.435 e. The molecule has 3 rings (SSSR count). The number of hydrogen-bond donors (Lipinski definition) is 0. The summed E-state index contributed by atoms with van der Waals surface area (Å²) < 4.78 is 20.1. The van der Waals surface area contributed by atoms with E-state index in [1.165, 1.54) is 6.20 Å². The van der Waals surface area contributed by atoms with Crippen molar-refractivity contribution in [3.8, 4) is 17.7 Å². The van der Waals surface area contributed by atoms with Gasteiger partial charge in [-0.3, -0.25) is 4.90 Å². The summed E-state index contributed by atoms with van der Waals surface area (Å²) in [6.45, 7) is 2.59. The summed E-state index contributed by atoms with van der Waals surface area (Å²) in [6, 6.07) is 10.3. The minimum atomic E-state index is -0.385. The van der Waals surface area contributed by atoms with E-state index in [1.807, 2.05) is 6.07 Å². The number of hydrogen-bond acceptors (Lipinski definition) is 4. The maximum absolute atomic E-state index is 14.6. The first kappa shape index (κ1) is 14.5. The Bertz CT molecular complexity index is 705. The van der Waals surface area contributed by atoms with Crippen LogP contribution < -0.4 is 4.74 Å². The highest BCUT2D eigenvalue weighted by Gasteiger charge is 2.17. The number of ether oxygens (including phenoxy) is 1. The van der Waals surface area contributed by atoms with E-state index in [2.05, 4.69) is 9.88 Å². The van der Waals surface area contributed by atoms with Gasteiger partial charge in [-0.15, -0.1) is 0 Å². The summed E-state index contributed by atoms with van der Waals surface area (Å²) in [5, 5.41) is 9.04. The quantitative estimate of drug-likeness (QED) is 0.867. The van der Waals surface area contributed by atoms with Gasteiger partial charge in [0, 0.05) is 18.3 Å². The molecule has 1 aromatic heterocycles. The van der Waals surface area contributed by atoms with E-state index in [0.717, 1.165) is 25.9 Å². The molecule has 22 heavy (non-hydrogen) atoms. The number of pyridine rings is 1. The second kappa shape index (κ2) is 6.54. The zero-order valence-electron chi connectivity index (χ0n) is 12.1. The fraction of sp³-hybridized carbons (Fsp3) is 0.294. The molecule has 0 spiro atoms. The van der Waals surface area contributed by atoms with E-state index in [0.29, 0.717) is 12.1 Å². The predicted octanol–water partition coefficient (Wildman–Crippen LogP) is 3.48. The maximum atomic E-state index is 14.6. The number of aromatic nitrogens is 1. The first-order chi connectivity index (χ1) is 10.8. The molecule has 1 fully saturated rings. The van der Waals surface area contributed by atoms with Gasteiger partial charge >= 0.3 is 0 Å². The Kier molecular flexibility index (Phi) is 4.31. The van der Waals surface area contributed by atoms with Crippen molar-refractivity contribution in [2.24, 2.45) is 0 Å². The molecule has 0 saturated carbocycles. The Morgan fingerprint density at radius 3 is 2.82 bits per heavy atom. The van der Waals surface area contributed by atoms with Crippen LogP contribution in [0, 0.1) is 17.1 Å². The highest BCUT2D eigenvalue weighted by Crippen LogP contribution is 2.28. The van der Waals surface area contributed by atoms with E-state index in [9.17, 15) is 4.39 Å². The first-order valence-corrected chi connectivity index (χ1v) is 7.30. The number of halogens is 1. The molecule has 0 N–H and O–H groups in total. The Hall–Kier alpha value is -2.45. The summed E-state index contributed by atoms with van der Waals surface area (Å²) >= 11 is 0. The van der Waals surface area contributed by atoms with Crippen LogP contribution in [0.15, 0.2) is 36.5 Å². The zero-order valence-corrected chi connectivity index (χ0v) is 12.1. The number of nitriles is 1. The highest BCUT2D eigenvalue weighted by atomic mass is 19.1. The van der Waals surface area contributed by atoms with Gasteiger partial charge in [0.2, 0.25) is 5.88 Å². The van der Waals surface area contributed by atoms with Gasteiger partial charge in [-0.25, -0.2) is 9.37 Å². The third kappa shape index (κ3) is 3.07. The van der Waals surface area contributed by atoms with Gasteiger partial charge in [0.1, 0.15) is 11.6 Å². The Morgan fingerprint density at radius 2 is 2.05 bits per heavy atom. The molecule has 0 unspecified atom stereocenters. The van der Waals surface area contributed by atoms with Crippen molar-refractivity contribution in [2.45, 2.75) is 19.4 Å². The largest absolute Gasteiger partial charge is 0.435 e. The molecule has 2 heterocycles. The van der Waals surface area contributed by atoms with Crippen LogP contribution in [0.4, 0.5) is 4.39 Å². The summed E-state index contributed by atoms with van der Waals surface area (Å²) in [5.41, 5.74) is 0.890. The summed E-state index contributed by atoms with van der Waals surface area (Å²) in [7, 11) is 0. The van der Waals surface area contributed by atoms with Gasteiger partial charge in [0.05, 0.1) is 0 Å². The van der Waals surface area contributed by atoms with E-state index in [1.54, 1.807) is 30.3 Å². The second-order valence-electron chi connectivity index (χ2n) is 5.28. The Labute approximate surface area is 128 Å². The molecule has 2 aromatic rings. The monoisotopic (exact) mass is 297 g/mol. The van der Waals surface area contributed by atoms with Crippen molar-refractivity contribution >= 4 is 0 Å².